The third kappa shape index (κ3) is 2.57. The van der Waals surface area contributed by atoms with E-state index in [0.717, 1.165) is 26.9 Å². The van der Waals surface area contributed by atoms with Gasteiger partial charge in [-0.15, -0.1) is 21.6 Å². The van der Waals surface area contributed by atoms with Crippen molar-refractivity contribution < 1.29 is 13.3 Å². The zero-order valence-corrected chi connectivity index (χ0v) is 16.3. The van der Waals surface area contributed by atoms with Crippen molar-refractivity contribution >= 4 is 44.0 Å². The fourth-order valence-electron chi connectivity index (χ4n) is 3.33. The Morgan fingerprint density at radius 2 is 2.00 bits per heavy atom. The number of aryl methyl sites for hydroxylation is 1. The molecule has 1 unspecified atom stereocenters. The van der Waals surface area contributed by atoms with Crippen LogP contribution >= 0.6 is 11.3 Å². The first kappa shape index (κ1) is 17.4. The van der Waals surface area contributed by atoms with Crippen LogP contribution in [0.25, 0.3) is 10.9 Å². The molecule has 0 amide bonds. The van der Waals surface area contributed by atoms with Crippen molar-refractivity contribution in [3.05, 3.63) is 70.7 Å². The predicted octanol–water partition coefficient (Wildman–Crippen LogP) is 5.20. The van der Waals surface area contributed by atoms with E-state index in [1.165, 1.54) is 11.3 Å². The van der Waals surface area contributed by atoms with Gasteiger partial charge in [0, 0.05) is 19.3 Å². The van der Waals surface area contributed by atoms with Crippen molar-refractivity contribution in [3.8, 4) is 0 Å². The molecule has 9 heteroatoms. The molecule has 0 bridgehead atoms. The van der Waals surface area contributed by atoms with Crippen molar-refractivity contribution in [1.82, 2.24) is 9.69 Å². The molecule has 1 atom stereocenters. The lowest BCUT2D eigenvalue weighted by atomic mass is 10.2. The van der Waals surface area contributed by atoms with Gasteiger partial charge in [0.1, 0.15) is 5.00 Å². The molecule has 28 heavy (non-hydrogen) atoms. The third-order valence-corrected chi connectivity index (χ3v) is 7.78. The third-order valence-electron chi connectivity index (χ3n) is 4.68. The van der Waals surface area contributed by atoms with Crippen LogP contribution < -0.4 is 5.01 Å². The van der Waals surface area contributed by atoms with Gasteiger partial charge in [0.25, 0.3) is 5.95 Å². The Bertz CT molecular complexity index is 1160. The molecule has 0 N–H and O–H groups in total. The molecule has 0 fully saturated rings. The standard InChI is InChI=1S/C19H14F3N4S2/c1-24-8-7-12-14(24)4-2-5-15(12)28-11-25(17-6-3-9-27-17)23-19-16(28)10-13(20)18(21)26(19)22/h2-10H,11H2,1H3/q+1. The number of hydrogen-bond donors (Lipinski definition) is 0. The van der Waals surface area contributed by atoms with Crippen molar-refractivity contribution in [1.29, 1.82) is 0 Å². The average Bonchev–Trinajstić information content (AvgIpc) is 3.36. The summed E-state index contributed by atoms with van der Waals surface area (Å²) in [4.78, 5) is 1.30. The summed E-state index contributed by atoms with van der Waals surface area (Å²) in [7, 11) is 1.22. The van der Waals surface area contributed by atoms with E-state index in [1.807, 2.05) is 59.6 Å². The Kier molecular flexibility index (Phi) is 4.02. The van der Waals surface area contributed by atoms with Crippen LogP contribution in [0.1, 0.15) is 0 Å². The lowest BCUT2D eigenvalue weighted by Crippen LogP contribution is -2.41. The van der Waals surface area contributed by atoms with Gasteiger partial charge in [-0.2, -0.15) is 4.39 Å². The molecule has 0 spiro atoms. The van der Waals surface area contributed by atoms with Crippen molar-refractivity contribution in [3.63, 3.8) is 0 Å². The van der Waals surface area contributed by atoms with Crippen LogP contribution in [0, 0.1) is 0 Å². The number of anilines is 1. The van der Waals surface area contributed by atoms with Crippen LogP contribution in [-0.2, 0) is 17.9 Å². The lowest BCUT2D eigenvalue weighted by molar-refractivity contribution is 0.121. The SMILES string of the molecule is Cn1ccc2c([S+]3CN(c4cccs4)N=C4C3=CC(F)=C(F)N4F)cccc21. The molecule has 4 nitrogen and oxygen atoms in total. The largest absolute Gasteiger partial charge is 0.350 e. The Hall–Kier alpha value is -2.65. The Labute approximate surface area is 165 Å². The van der Waals surface area contributed by atoms with Gasteiger partial charge in [-0.05, 0) is 35.7 Å². The molecular formula is C19H14F3N4S2+. The van der Waals surface area contributed by atoms with E-state index in [1.54, 1.807) is 5.01 Å². The molecule has 142 valence electrons. The highest BCUT2D eigenvalue weighted by Gasteiger charge is 2.46. The van der Waals surface area contributed by atoms with Crippen LogP contribution in [0.4, 0.5) is 18.3 Å². The normalized spacial score (nSPS) is 19.8. The minimum atomic E-state index is -1.57. The molecule has 0 saturated carbocycles. The number of rotatable bonds is 2. The number of amidine groups is 1. The van der Waals surface area contributed by atoms with Gasteiger partial charge in [-0.25, -0.2) is 9.40 Å². The molecule has 5 rings (SSSR count). The van der Waals surface area contributed by atoms with Crippen LogP contribution in [-0.4, -0.2) is 21.4 Å². The zero-order valence-electron chi connectivity index (χ0n) is 14.6. The highest BCUT2D eigenvalue weighted by Crippen LogP contribution is 2.40. The summed E-state index contributed by atoms with van der Waals surface area (Å²) in [5, 5.41) is 9.35. The number of allylic oxidation sites excluding steroid dienone is 2. The molecule has 2 aliphatic heterocycles. The molecule has 0 saturated heterocycles. The van der Waals surface area contributed by atoms with Crippen molar-refractivity contribution in [2.75, 3.05) is 10.9 Å². The second-order valence-corrected chi connectivity index (χ2v) is 9.18. The van der Waals surface area contributed by atoms with E-state index in [-0.39, 0.29) is 11.0 Å². The Balaban J connectivity index is 1.72. The van der Waals surface area contributed by atoms with Crippen LogP contribution in [0.3, 0.4) is 0 Å². The number of aromatic nitrogens is 1. The van der Waals surface area contributed by atoms with E-state index in [4.69, 9.17) is 0 Å². The van der Waals surface area contributed by atoms with Gasteiger partial charge in [0.2, 0.25) is 16.6 Å². The maximum absolute atomic E-state index is 14.6. The zero-order chi connectivity index (χ0) is 19.4. The topological polar surface area (TPSA) is 23.8 Å². The average molecular weight is 419 g/mol. The van der Waals surface area contributed by atoms with Crippen LogP contribution in [0.15, 0.2) is 80.7 Å². The summed E-state index contributed by atoms with van der Waals surface area (Å²) in [6, 6.07) is 11.6. The number of benzene rings is 1. The van der Waals surface area contributed by atoms with E-state index < -0.39 is 22.7 Å². The van der Waals surface area contributed by atoms with Gasteiger partial charge < -0.3 is 4.57 Å². The summed E-state index contributed by atoms with van der Waals surface area (Å²) in [6.45, 7) is 0. The Morgan fingerprint density at radius 3 is 2.79 bits per heavy atom. The number of thiophene rings is 1. The van der Waals surface area contributed by atoms with Gasteiger partial charge in [0.15, 0.2) is 10.7 Å². The minimum absolute atomic E-state index is 0.213. The highest BCUT2D eigenvalue weighted by atomic mass is 32.2. The highest BCUT2D eigenvalue weighted by molar-refractivity contribution is 8.01. The molecule has 2 aliphatic rings. The van der Waals surface area contributed by atoms with Crippen molar-refractivity contribution in [2.45, 2.75) is 4.90 Å². The van der Waals surface area contributed by atoms with Crippen LogP contribution in [0.2, 0.25) is 0 Å². The number of nitrogens with zero attached hydrogens (tertiary/aromatic N) is 4. The van der Waals surface area contributed by atoms with Crippen LogP contribution in [0.5, 0.6) is 0 Å². The van der Waals surface area contributed by atoms with E-state index >= 15 is 0 Å². The number of hydrogen-bond acceptors (Lipinski definition) is 4. The number of hydrazone groups is 1. The van der Waals surface area contributed by atoms with Gasteiger partial charge in [-0.1, -0.05) is 10.5 Å². The summed E-state index contributed by atoms with van der Waals surface area (Å²) in [6.07, 6.45) is 3.02. The summed E-state index contributed by atoms with van der Waals surface area (Å²) < 4.78 is 44.5. The fourth-order valence-corrected chi connectivity index (χ4v) is 6.32. The number of halogens is 3. The quantitative estimate of drug-likeness (QED) is 0.324. The molecule has 1 aromatic carbocycles. The maximum atomic E-state index is 14.6. The summed E-state index contributed by atoms with van der Waals surface area (Å²) in [5.41, 5.74) is 1.02. The minimum Gasteiger partial charge on any atom is -0.350 e. The monoisotopic (exact) mass is 419 g/mol. The fraction of sp³-hybridized carbons (Fsp3) is 0.105. The second kappa shape index (κ2) is 6.46. The first-order valence-corrected chi connectivity index (χ1v) is 10.7. The van der Waals surface area contributed by atoms with E-state index in [9.17, 15) is 13.3 Å². The summed E-state index contributed by atoms with van der Waals surface area (Å²) >= 11 is 1.46. The first-order chi connectivity index (χ1) is 13.5. The first-order valence-electron chi connectivity index (χ1n) is 8.42. The molecule has 4 heterocycles. The van der Waals surface area contributed by atoms with Gasteiger partial charge in [0.05, 0.1) is 21.8 Å². The Morgan fingerprint density at radius 1 is 1.14 bits per heavy atom. The van der Waals surface area contributed by atoms with E-state index in [0.29, 0.717) is 10.8 Å². The molecule has 0 radical (unpaired) electrons. The summed E-state index contributed by atoms with van der Waals surface area (Å²) in [5.74, 6) is -2.59. The van der Waals surface area contributed by atoms with Gasteiger partial charge >= 0.3 is 0 Å². The van der Waals surface area contributed by atoms with Crippen molar-refractivity contribution in [2.24, 2.45) is 12.1 Å². The lowest BCUT2D eigenvalue weighted by Gasteiger charge is -2.28. The number of fused-ring (bicyclic) bond motifs is 2. The second-order valence-electron chi connectivity index (χ2n) is 6.34. The molecule has 0 aliphatic carbocycles. The van der Waals surface area contributed by atoms with E-state index in [2.05, 4.69) is 5.10 Å². The smallest absolute Gasteiger partial charge is 0.260 e. The van der Waals surface area contributed by atoms with Gasteiger partial charge in [-0.3, -0.25) is 0 Å². The molecule has 3 aromatic rings. The maximum Gasteiger partial charge on any atom is 0.260 e. The predicted molar refractivity (Wildman–Crippen MR) is 108 cm³/mol. The molecular weight excluding hydrogens is 405 g/mol. The molecule has 2 aromatic heterocycles.